The molecule has 154 valence electrons. The molecule has 4 atom stereocenters. The average Bonchev–Trinajstić information content (AvgIpc) is 2.71. The average molecular weight is 427 g/mol. The third kappa shape index (κ3) is 3.26. The van der Waals surface area contributed by atoms with E-state index in [-0.39, 0.29) is 34.3 Å². The second kappa shape index (κ2) is 8.10. The fraction of sp³-hybridized carbons (Fsp3) is 0.611. The molecule has 28 heavy (non-hydrogen) atoms. The van der Waals surface area contributed by atoms with E-state index in [1.165, 1.54) is 22.2 Å². The molecule has 0 spiro atoms. The van der Waals surface area contributed by atoms with Crippen molar-refractivity contribution in [2.45, 2.75) is 56.4 Å². The number of β-lactam (4-membered cyclic amide) rings is 2. The Morgan fingerprint density at radius 1 is 1.00 bits per heavy atom. The van der Waals surface area contributed by atoms with Crippen molar-refractivity contribution >= 4 is 41.3 Å². The van der Waals surface area contributed by atoms with Crippen LogP contribution in [0.2, 0.25) is 0 Å². The van der Waals surface area contributed by atoms with Gasteiger partial charge in [0.1, 0.15) is 28.5 Å². The first-order chi connectivity index (χ1) is 13.2. The number of carbonyl (C=O) groups is 3. The van der Waals surface area contributed by atoms with E-state index in [9.17, 15) is 14.4 Å². The van der Waals surface area contributed by atoms with Gasteiger partial charge in [-0.25, -0.2) is 4.79 Å². The molecular weight excluding hydrogens is 400 g/mol. The minimum atomic E-state index is -1.03. The number of fused-ring (bicyclic) bond motifs is 2. The summed E-state index contributed by atoms with van der Waals surface area (Å²) < 4.78 is 0. The Kier molecular flexibility index (Phi) is 6.14. The van der Waals surface area contributed by atoms with Crippen LogP contribution in [0.25, 0.3) is 0 Å². The van der Waals surface area contributed by atoms with Gasteiger partial charge < -0.3 is 21.5 Å². The lowest BCUT2D eigenvalue weighted by Gasteiger charge is -2.48. The highest BCUT2D eigenvalue weighted by atomic mass is 32.2. The van der Waals surface area contributed by atoms with Crippen molar-refractivity contribution in [2.24, 2.45) is 11.5 Å². The van der Waals surface area contributed by atoms with Gasteiger partial charge in [-0.3, -0.25) is 14.5 Å². The highest BCUT2D eigenvalue weighted by Crippen LogP contribution is 2.40. The first-order valence-electron chi connectivity index (χ1n) is 9.28. The number of amides is 2. The Hall–Kier alpha value is -1.49. The van der Waals surface area contributed by atoms with E-state index < -0.39 is 12.0 Å². The first-order valence-corrected chi connectivity index (χ1v) is 11.4. The van der Waals surface area contributed by atoms with Gasteiger partial charge in [0.25, 0.3) is 0 Å². The molecule has 4 unspecified atom stereocenters. The van der Waals surface area contributed by atoms with Crippen LogP contribution < -0.4 is 11.5 Å². The zero-order chi connectivity index (χ0) is 20.7. The lowest BCUT2D eigenvalue weighted by atomic mass is 10.0. The van der Waals surface area contributed by atoms with Crippen LogP contribution >= 0.6 is 23.5 Å². The summed E-state index contributed by atoms with van der Waals surface area (Å²) in [5.41, 5.74) is 14.8. The Balaban J connectivity index is 0.000000162. The Bertz CT molecular complexity index is 782. The number of hydrogen-bond acceptors (Lipinski definition) is 7. The molecule has 0 saturated carbocycles. The van der Waals surface area contributed by atoms with Gasteiger partial charge in [0, 0.05) is 17.2 Å². The number of thioether (sulfide) groups is 2. The number of aliphatic carboxylic acids is 1. The van der Waals surface area contributed by atoms with E-state index in [2.05, 4.69) is 6.92 Å². The molecule has 0 aromatic rings. The van der Waals surface area contributed by atoms with Crippen LogP contribution in [-0.2, 0) is 14.4 Å². The van der Waals surface area contributed by atoms with E-state index in [1.807, 2.05) is 18.7 Å². The van der Waals surface area contributed by atoms with Crippen molar-refractivity contribution in [3.8, 4) is 0 Å². The summed E-state index contributed by atoms with van der Waals surface area (Å²) >= 11 is 3.32. The SMILES string of the molecule is CCC1=C(C(=O)O)N2C(=O)C(N)C2SC1.CCC1=C(C)N2C(=O)C(N)C2SC1. The number of carboxylic acid groups (broad SMARTS) is 1. The smallest absolute Gasteiger partial charge is 0.352 e. The largest absolute Gasteiger partial charge is 0.477 e. The summed E-state index contributed by atoms with van der Waals surface area (Å²) in [5.74, 6) is 0.457. The predicted octanol–water partition coefficient (Wildman–Crippen LogP) is 0.890. The Morgan fingerprint density at radius 2 is 1.46 bits per heavy atom. The summed E-state index contributed by atoms with van der Waals surface area (Å²) in [4.78, 5) is 37.1. The van der Waals surface area contributed by atoms with Crippen molar-refractivity contribution in [1.29, 1.82) is 0 Å². The molecule has 2 saturated heterocycles. The van der Waals surface area contributed by atoms with Crippen LogP contribution in [0, 0.1) is 0 Å². The Labute approximate surface area is 172 Å². The summed E-state index contributed by atoms with van der Waals surface area (Å²) in [5, 5.41) is 9.09. The molecular formula is C18H26N4O4S2. The van der Waals surface area contributed by atoms with Gasteiger partial charge in [-0.2, -0.15) is 0 Å². The number of nitrogens with two attached hydrogens (primary N) is 2. The summed E-state index contributed by atoms with van der Waals surface area (Å²) in [6.07, 6.45) is 1.69. The molecule has 4 heterocycles. The lowest BCUT2D eigenvalue weighted by molar-refractivity contribution is -0.148. The van der Waals surface area contributed by atoms with Crippen LogP contribution in [-0.4, -0.2) is 67.0 Å². The second-order valence-corrected chi connectivity index (χ2v) is 9.23. The van der Waals surface area contributed by atoms with E-state index in [4.69, 9.17) is 16.6 Å². The molecule has 4 aliphatic rings. The molecule has 4 rings (SSSR count). The maximum absolute atomic E-state index is 11.5. The Morgan fingerprint density at radius 3 is 1.96 bits per heavy atom. The molecule has 10 heteroatoms. The number of carbonyl (C=O) groups excluding carboxylic acids is 2. The number of hydrogen-bond donors (Lipinski definition) is 3. The van der Waals surface area contributed by atoms with E-state index in [0.29, 0.717) is 12.2 Å². The molecule has 0 aliphatic carbocycles. The third-order valence-corrected chi connectivity index (χ3v) is 8.25. The highest BCUT2D eigenvalue weighted by Gasteiger charge is 2.51. The maximum Gasteiger partial charge on any atom is 0.352 e. The lowest BCUT2D eigenvalue weighted by Crippen LogP contribution is -2.68. The fourth-order valence-corrected chi connectivity index (χ4v) is 6.60. The molecule has 0 aromatic carbocycles. The van der Waals surface area contributed by atoms with Gasteiger partial charge in [-0.1, -0.05) is 13.8 Å². The zero-order valence-corrected chi connectivity index (χ0v) is 17.8. The second-order valence-electron chi connectivity index (χ2n) is 7.02. The molecule has 0 radical (unpaired) electrons. The van der Waals surface area contributed by atoms with Gasteiger partial charge in [0.2, 0.25) is 11.8 Å². The summed E-state index contributed by atoms with van der Waals surface area (Å²) in [6.45, 7) is 6.04. The number of rotatable bonds is 3. The molecule has 5 N–H and O–H groups in total. The molecule has 0 aromatic heterocycles. The molecule has 0 bridgehead atoms. The fourth-order valence-electron chi connectivity index (χ4n) is 3.69. The number of nitrogens with zero attached hydrogens (tertiary/aromatic N) is 2. The van der Waals surface area contributed by atoms with E-state index in [1.54, 1.807) is 11.8 Å². The molecule has 8 nitrogen and oxygen atoms in total. The van der Waals surface area contributed by atoms with Crippen LogP contribution in [0.3, 0.4) is 0 Å². The predicted molar refractivity (Wildman–Crippen MR) is 110 cm³/mol. The van der Waals surface area contributed by atoms with Gasteiger partial charge in [-0.05, 0) is 30.9 Å². The highest BCUT2D eigenvalue weighted by molar-refractivity contribution is 8.00. The topological polar surface area (TPSA) is 130 Å². The van der Waals surface area contributed by atoms with E-state index >= 15 is 0 Å². The van der Waals surface area contributed by atoms with Gasteiger partial charge in [-0.15, -0.1) is 23.5 Å². The van der Waals surface area contributed by atoms with Crippen molar-refractivity contribution in [2.75, 3.05) is 11.5 Å². The molecule has 4 aliphatic heterocycles. The van der Waals surface area contributed by atoms with Crippen molar-refractivity contribution < 1.29 is 19.5 Å². The van der Waals surface area contributed by atoms with Crippen LogP contribution in [0.1, 0.15) is 33.6 Å². The maximum atomic E-state index is 11.5. The number of carboxylic acids is 1. The quantitative estimate of drug-likeness (QED) is 0.567. The normalized spacial score (nSPS) is 31.5. The van der Waals surface area contributed by atoms with Crippen LogP contribution in [0.4, 0.5) is 0 Å². The van der Waals surface area contributed by atoms with Crippen LogP contribution in [0.15, 0.2) is 22.5 Å². The minimum Gasteiger partial charge on any atom is -0.477 e. The summed E-state index contributed by atoms with van der Waals surface area (Å²) in [6, 6.07) is -0.805. The van der Waals surface area contributed by atoms with Gasteiger partial charge >= 0.3 is 5.97 Å². The summed E-state index contributed by atoms with van der Waals surface area (Å²) in [7, 11) is 0. The first kappa shape index (κ1) is 21.2. The monoisotopic (exact) mass is 426 g/mol. The van der Waals surface area contributed by atoms with Crippen molar-refractivity contribution in [3.63, 3.8) is 0 Å². The third-order valence-electron chi connectivity index (χ3n) is 5.53. The number of allylic oxidation sites excluding steroid dienone is 1. The van der Waals surface area contributed by atoms with Gasteiger partial charge in [0.05, 0.1) is 0 Å². The standard InChI is InChI=1S/C9H12N2O3S.C9H14N2OS/c1-2-4-3-15-8-5(10)7(12)11(8)6(4)9(13)14;1-3-6-4-13-9-7(10)8(12)11(9)5(6)2/h5,8H,2-3,10H2,1H3,(H,13,14);7,9H,3-4,10H2,1-2H3. The van der Waals surface area contributed by atoms with Crippen molar-refractivity contribution in [1.82, 2.24) is 9.80 Å². The van der Waals surface area contributed by atoms with E-state index in [0.717, 1.165) is 23.4 Å². The van der Waals surface area contributed by atoms with Crippen molar-refractivity contribution in [3.05, 3.63) is 22.5 Å². The molecule has 2 amide bonds. The van der Waals surface area contributed by atoms with Gasteiger partial charge in [0.15, 0.2) is 0 Å². The molecule has 2 fully saturated rings. The van der Waals surface area contributed by atoms with Crippen LogP contribution in [0.5, 0.6) is 0 Å². The zero-order valence-electron chi connectivity index (χ0n) is 16.2. The minimum absolute atomic E-state index is 0.0839.